The third-order valence-electron chi connectivity index (χ3n) is 3.21. The van der Waals surface area contributed by atoms with Crippen molar-refractivity contribution in [2.75, 3.05) is 19.6 Å². The van der Waals surface area contributed by atoms with Crippen LogP contribution in [-0.2, 0) is 16.6 Å². The molecular formula is C13H22N4O2. The minimum Gasteiger partial charge on any atom is -0.355 e. The lowest BCUT2D eigenvalue weighted by molar-refractivity contribution is -0.124. The van der Waals surface area contributed by atoms with E-state index in [1.807, 2.05) is 20.8 Å². The Labute approximate surface area is 113 Å². The zero-order chi connectivity index (χ0) is 13.9. The molecule has 1 aromatic rings. The van der Waals surface area contributed by atoms with Crippen LogP contribution in [0.15, 0.2) is 4.52 Å². The van der Waals surface area contributed by atoms with Crippen LogP contribution in [0.25, 0.3) is 0 Å². The standard InChI is InChI=1S/C13H22N4O2/c1-13(2,3)12-16-10(19-17-12)5-7-15-11(18)9-4-6-14-8-9/h9,14H,4-8H2,1-3H3,(H,15,18). The van der Waals surface area contributed by atoms with Gasteiger partial charge < -0.3 is 15.2 Å². The van der Waals surface area contributed by atoms with Crippen LogP contribution in [0.1, 0.15) is 38.9 Å². The fraction of sp³-hybridized carbons (Fsp3) is 0.769. The molecule has 2 heterocycles. The lowest BCUT2D eigenvalue weighted by Gasteiger charge is -2.11. The summed E-state index contributed by atoms with van der Waals surface area (Å²) in [5.74, 6) is 1.50. The summed E-state index contributed by atoms with van der Waals surface area (Å²) < 4.78 is 5.17. The van der Waals surface area contributed by atoms with Gasteiger partial charge in [0, 0.05) is 24.9 Å². The molecule has 0 bridgehead atoms. The van der Waals surface area contributed by atoms with Gasteiger partial charge in [0.05, 0.1) is 5.92 Å². The molecular weight excluding hydrogens is 244 g/mol. The van der Waals surface area contributed by atoms with Gasteiger partial charge in [-0.2, -0.15) is 4.98 Å². The van der Waals surface area contributed by atoms with Gasteiger partial charge in [0.25, 0.3) is 0 Å². The second-order valence-electron chi connectivity index (χ2n) is 5.99. The maximum atomic E-state index is 11.8. The number of hydrogen-bond donors (Lipinski definition) is 2. The Morgan fingerprint density at radius 1 is 1.53 bits per heavy atom. The SMILES string of the molecule is CC(C)(C)c1noc(CCNC(=O)C2CCNC2)n1. The van der Waals surface area contributed by atoms with Gasteiger partial charge in [0.1, 0.15) is 0 Å². The average molecular weight is 266 g/mol. The number of aromatic nitrogens is 2. The monoisotopic (exact) mass is 266 g/mol. The highest BCUT2D eigenvalue weighted by Crippen LogP contribution is 2.18. The van der Waals surface area contributed by atoms with E-state index in [1.54, 1.807) is 0 Å². The van der Waals surface area contributed by atoms with E-state index < -0.39 is 0 Å². The van der Waals surface area contributed by atoms with E-state index in [-0.39, 0.29) is 17.2 Å². The van der Waals surface area contributed by atoms with Gasteiger partial charge >= 0.3 is 0 Å². The summed E-state index contributed by atoms with van der Waals surface area (Å²) in [6, 6.07) is 0. The maximum Gasteiger partial charge on any atom is 0.228 e. The first kappa shape index (κ1) is 14.0. The second kappa shape index (κ2) is 5.69. The highest BCUT2D eigenvalue weighted by Gasteiger charge is 2.23. The van der Waals surface area contributed by atoms with Crippen LogP contribution in [0.4, 0.5) is 0 Å². The molecule has 1 unspecified atom stereocenters. The zero-order valence-corrected chi connectivity index (χ0v) is 11.8. The van der Waals surface area contributed by atoms with Crippen molar-refractivity contribution in [2.24, 2.45) is 5.92 Å². The Hall–Kier alpha value is -1.43. The van der Waals surface area contributed by atoms with E-state index in [0.29, 0.717) is 24.7 Å². The summed E-state index contributed by atoms with van der Waals surface area (Å²) in [7, 11) is 0. The third kappa shape index (κ3) is 3.76. The van der Waals surface area contributed by atoms with Gasteiger partial charge in [-0.05, 0) is 13.0 Å². The van der Waals surface area contributed by atoms with Crippen molar-refractivity contribution in [2.45, 2.75) is 39.0 Å². The molecule has 1 fully saturated rings. The van der Waals surface area contributed by atoms with Crippen molar-refractivity contribution in [3.05, 3.63) is 11.7 Å². The molecule has 0 saturated carbocycles. The summed E-state index contributed by atoms with van der Waals surface area (Å²) in [4.78, 5) is 16.1. The van der Waals surface area contributed by atoms with Crippen LogP contribution in [0, 0.1) is 5.92 Å². The highest BCUT2D eigenvalue weighted by molar-refractivity contribution is 5.79. The van der Waals surface area contributed by atoms with Gasteiger partial charge in [-0.15, -0.1) is 0 Å². The quantitative estimate of drug-likeness (QED) is 0.835. The summed E-state index contributed by atoms with van der Waals surface area (Å²) in [5.41, 5.74) is -0.111. The molecule has 0 spiro atoms. The van der Waals surface area contributed by atoms with E-state index in [9.17, 15) is 4.79 Å². The number of amides is 1. The molecule has 2 rings (SSSR count). The summed E-state index contributed by atoms with van der Waals surface area (Å²) in [5, 5.41) is 10.0. The number of nitrogens with one attached hydrogen (secondary N) is 2. The van der Waals surface area contributed by atoms with E-state index in [0.717, 1.165) is 19.5 Å². The molecule has 106 valence electrons. The molecule has 1 aliphatic rings. The molecule has 2 N–H and O–H groups in total. The Balaban J connectivity index is 1.76. The number of nitrogens with zero attached hydrogens (tertiary/aromatic N) is 2. The summed E-state index contributed by atoms with van der Waals surface area (Å²) in [6.07, 6.45) is 1.50. The lowest BCUT2D eigenvalue weighted by atomic mass is 9.96. The van der Waals surface area contributed by atoms with Crippen LogP contribution >= 0.6 is 0 Å². The molecule has 1 amide bonds. The smallest absolute Gasteiger partial charge is 0.228 e. The third-order valence-corrected chi connectivity index (χ3v) is 3.21. The van der Waals surface area contributed by atoms with Crippen molar-refractivity contribution in [1.29, 1.82) is 0 Å². The van der Waals surface area contributed by atoms with Gasteiger partial charge in [-0.25, -0.2) is 0 Å². The molecule has 1 aliphatic heterocycles. The Kier molecular flexibility index (Phi) is 4.19. The first-order valence-corrected chi connectivity index (χ1v) is 6.78. The maximum absolute atomic E-state index is 11.8. The molecule has 6 nitrogen and oxygen atoms in total. The summed E-state index contributed by atoms with van der Waals surface area (Å²) >= 11 is 0. The summed E-state index contributed by atoms with van der Waals surface area (Å²) in [6.45, 7) is 8.36. The normalized spacial score (nSPS) is 19.6. The lowest BCUT2D eigenvalue weighted by Crippen LogP contribution is -2.33. The Bertz CT molecular complexity index is 430. The molecule has 6 heteroatoms. The predicted octanol–water partition coefficient (Wildman–Crippen LogP) is 0.635. The van der Waals surface area contributed by atoms with Gasteiger partial charge in [0.2, 0.25) is 11.8 Å². The first-order valence-electron chi connectivity index (χ1n) is 6.78. The van der Waals surface area contributed by atoms with Crippen LogP contribution in [0.3, 0.4) is 0 Å². The molecule has 0 aliphatic carbocycles. The van der Waals surface area contributed by atoms with Gasteiger partial charge in [-0.1, -0.05) is 25.9 Å². The fourth-order valence-corrected chi connectivity index (χ4v) is 1.98. The first-order chi connectivity index (χ1) is 8.97. The zero-order valence-electron chi connectivity index (χ0n) is 11.8. The van der Waals surface area contributed by atoms with Crippen LogP contribution in [0.2, 0.25) is 0 Å². The van der Waals surface area contributed by atoms with Gasteiger partial charge in [-0.3, -0.25) is 4.79 Å². The van der Waals surface area contributed by atoms with Crippen LogP contribution < -0.4 is 10.6 Å². The van der Waals surface area contributed by atoms with Gasteiger partial charge in [0.15, 0.2) is 5.82 Å². The molecule has 1 atom stereocenters. The highest BCUT2D eigenvalue weighted by atomic mass is 16.5. The number of carbonyl (C=O) groups is 1. The van der Waals surface area contributed by atoms with Crippen LogP contribution in [-0.4, -0.2) is 35.7 Å². The second-order valence-corrected chi connectivity index (χ2v) is 5.99. The van der Waals surface area contributed by atoms with E-state index in [1.165, 1.54) is 0 Å². The Morgan fingerprint density at radius 2 is 2.32 bits per heavy atom. The molecule has 1 aromatic heterocycles. The van der Waals surface area contributed by atoms with E-state index in [4.69, 9.17) is 4.52 Å². The largest absolute Gasteiger partial charge is 0.355 e. The fourth-order valence-electron chi connectivity index (χ4n) is 1.98. The molecule has 0 aromatic carbocycles. The van der Waals surface area contributed by atoms with Crippen molar-refractivity contribution in [3.63, 3.8) is 0 Å². The number of hydrogen-bond acceptors (Lipinski definition) is 5. The topological polar surface area (TPSA) is 80.0 Å². The van der Waals surface area contributed by atoms with E-state index in [2.05, 4.69) is 20.8 Å². The Morgan fingerprint density at radius 3 is 2.89 bits per heavy atom. The molecule has 19 heavy (non-hydrogen) atoms. The number of carbonyl (C=O) groups excluding carboxylic acids is 1. The molecule has 0 radical (unpaired) electrons. The number of rotatable bonds is 4. The minimum atomic E-state index is -0.111. The van der Waals surface area contributed by atoms with Crippen LogP contribution in [0.5, 0.6) is 0 Å². The average Bonchev–Trinajstić information content (AvgIpc) is 2.99. The van der Waals surface area contributed by atoms with Crippen molar-refractivity contribution < 1.29 is 9.32 Å². The molecule has 1 saturated heterocycles. The van der Waals surface area contributed by atoms with Crippen molar-refractivity contribution >= 4 is 5.91 Å². The van der Waals surface area contributed by atoms with Crippen molar-refractivity contribution in [3.8, 4) is 0 Å². The van der Waals surface area contributed by atoms with E-state index >= 15 is 0 Å². The van der Waals surface area contributed by atoms with Crippen molar-refractivity contribution in [1.82, 2.24) is 20.8 Å². The predicted molar refractivity (Wildman–Crippen MR) is 70.7 cm³/mol. The minimum absolute atomic E-state index is 0.104.